The van der Waals surface area contributed by atoms with Crippen molar-refractivity contribution in [1.82, 2.24) is 5.32 Å². The van der Waals surface area contributed by atoms with Gasteiger partial charge in [-0.05, 0) is 40.9 Å². The van der Waals surface area contributed by atoms with Gasteiger partial charge in [0, 0.05) is 24.1 Å². The second kappa shape index (κ2) is 7.35. The zero-order valence-corrected chi connectivity index (χ0v) is 10.9. The van der Waals surface area contributed by atoms with Crippen LogP contribution in [0, 0.1) is 0 Å². The minimum Gasteiger partial charge on any atom is -0.396 e. The van der Waals surface area contributed by atoms with Crippen LogP contribution >= 0.6 is 27.3 Å². The van der Waals surface area contributed by atoms with Crippen molar-refractivity contribution < 1.29 is 10.2 Å². The summed E-state index contributed by atoms with van der Waals surface area (Å²) in [5.74, 6) is 0. The number of thiophene rings is 1. The van der Waals surface area contributed by atoms with E-state index in [0.29, 0.717) is 6.42 Å². The highest BCUT2D eigenvalue weighted by Crippen LogP contribution is 2.22. The summed E-state index contributed by atoms with van der Waals surface area (Å²) in [5, 5.41) is 20.9. The van der Waals surface area contributed by atoms with E-state index >= 15 is 0 Å². The molecule has 0 aliphatic carbocycles. The Bertz CT molecular complexity index is 280. The van der Waals surface area contributed by atoms with Crippen molar-refractivity contribution >= 4 is 27.3 Å². The molecule has 3 nitrogen and oxygen atoms in total. The fraction of sp³-hybridized carbons (Fsp3) is 0.600. The number of nitrogens with one attached hydrogen (secondary N) is 1. The smallest absolute Gasteiger partial charge is 0.0701 e. The molecule has 0 spiro atoms. The largest absolute Gasteiger partial charge is 0.396 e. The summed E-state index contributed by atoms with van der Waals surface area (Å²) in [5.41, 5.74) is 0. The molecule has 1 aromatic rings. The van der Waals surface area contributed by atoms with Crippen LogP contribution in [0.25, 0.3) is 0 Å². The second-order valence-electron chi connectivity index (χ2n) is 3.30. The number of halogens is 1. The topological polar surface area (TPSA) is 52.5 Å². The predicted molar refractivity (Wildman–Crippen MR) is 66.3 cm³/mol. The van der Waals surface area contributed by atoms with E-state index in [2.05, 4.69) is 27.3 Å². The first-order chi connectivity index (χ1) is 7.26. The van der Waals surface area contributed by atoms with Gasteiger partial charge in [0.05, 0.1) is 10.4 Å². The van der Waals surface area contributed by atoms with E-state index in [-0.39, 0.29) is 19.3 Å². The Morgan fingerprint density at radius 1 is 1.40 bits per heavy atom. The van der Waals surface area contributed by atoms with E-state index in [0.717, 1.165) is 16.8 Å². The summed E-state index contributed by atoms with van der Waals surface area (Å²) < 4.78 is 1.14. The maximum Gasteiger partial charge on any atom is 0.0701 e. The van der Waals surface area contributed by atoms with Gasteiger partial charge in [-0.25, -0.2) is 0 Å². The van der Waals surface area contributed by atoms with Crippen molar-refractivity contribution in [2.24, 2.45) is 0 Å². The summed E-state index contributed by atoms with van der Waals surface area (Å²) >= 11 is 5.14. The highest BCUT2D eigenvalue weighted by Gasteiger charge is 2.05. The van der Waals surface area contributed by atoms with Gasteiger partial charge < -0.3 is 15.5 Å². The van der Waals surface area contributed by atoms with Crippen molar-refractivity contribution in [1.29, 1.82) is 0 Å². The zero-order valence-electron chi connectivity index (χ0n) is 8.45. The second-order valence-corrected chi connectivity index (χ2v) is 5.85. The van der Waals surface area contributed by atoms with Crippen molar-refractivity contribution in [3.63, 3.8) is 0 Å². The predicted octanol–water partition coefficient (Wildman–Crippen LogP) is 1.39. The van der Waals surface area contributed by atoms with Gasteiger partial charge in [0.2, 0.25) is 0 Å². The fourth-order valence-electron chi connectivity index (χ4n) is 1.30. The molecule has 15 heavy (non-hydrogen) atoms. The fourth-order valence-corrected chi connectivity index (χ4v) is 2.78. The van der Waals surface area contributed by atoms with Gasteiger partial charge in [0.25, 0.3) is 0 Å². The van der Waals surface area contributed by atoms with E-state index in [4.69, 9.17) is 10.2 Å². The number of hydrogen-bond acceptors (Lipinski definition) is 4. The maximum absolute atomic E-state index is 8.98. The molecular weight excluding hydrogens is 278 g/mol. The molecule has 86 valence electrons. The molecule has 0 bridgehead atoms. The SMILES string of the molecule is OCCC(CO)NCCc1ccc(Br)s1. The summed E-state index contributed by atoms with van der Waals surface area (Å²) in [4.78, 5) is 1.31. The standard InChI is InChI=1S/C10H16BrNO2S/c11-10-2-1-9(15-10)3-5-12-8(7-14)4-6-13/h1-2,8,12-14H,3-7H2. The normalized spacial score (nSPS) is 13.0. The Labute approximate surface area is 102 Å². The Morgan fingerprint density at radius 2 is 2.20 bits per heavy atom. The quantitative estimate of drug-likeness (QED) is 0.712. The molecule has 0 saturated heterocycles. The first-order valence-electron chi connectivity index (χ1n) is 4.95. The van der Waals surface area contributed by atoms with Crippen LogP contribution < -0.4 is 5.32 Å². The molecule has 0 aliphatic heterocycles. The highest BCUT2D eigenvalue weighted by molar-refractivity contribution is 9.11. The van der Waals surface area contributed by atoms with Crippen LogP contribution in [0.1, 0.15) is 11.3 Å². The summed E-state index contributed by atoms with van der Waals surface area (Å²) in [6.07, 6.45) is 1.56. The van der Waals surface area contributed by atoms with Crippen LogP contribution in [0.2, 0.25) is 0 Å². The van der Waals surface area contributed by atoms with Gasteiger partial charge >= 0.3 is 0 Å². The highest BCUT2D eigenvalue weighted by atomic mass is 79.9. The third-order valence-corrected chi connectivity index (χ3v) is 3.81. The third-order valence-electron chi connectivity index (χ3n) is 2.13. The van der Waals surface area contributed by atoms with Gasteiger partial charge in [0.15, 0.2) is 0 Å². The van der Waals surface area contributed by atoms with Crippen LogP contribution in [0.15, 0.2) is 15.9 Å². The molecule has 0 aliphatic rings. The third kappa shape index (κ3) is 5.08. The lowest BCUT2D eigenvalue weighted by Gasteiger charge is -2.14. The Hall–Kier alpha value is 0.0600. The monoisotopic (exact) mass is 293 g/mol. The molecule has 3 N–H and O–H groups in total. The van der Waals surface area contributed by atoms with E-state index in [1.54, 1.807) is 11.3 Å². The molecule has 1 rings (SSSR count). The molecule has 5 heteroatoms. The molecule has 1 unspecified atom stereocenters. The average molecular weight is 294 g/mol. The van der Waals surface area contributed by atoms with Crippen molar-refractivity contribution in [3.05, 3.63) is 20.8 Å². The van der Waals surface area contributed by atoms with Gasteiger partial charge in [0.1, 0.15) is 0 Å². The molecule has 0 fully saturated rings. The molecule has 0 amide bonds. The molecule has 0 radical (unpaired) electrons. The first kappa shape index (κ1) is 13.1. The van der Waals surface area contributed by atoms with E-state index in [1.165, 1.54) is 4.88 Å². The lowest BCUT2D eigenvalue weighted by atomic mass is 10.2. The first-order valence-corrected chi connectivity index (χ1v) is 6.56. The summed E-state index contributed by atoms with van der Waals surface area (Å²) in [7, 11) is 0. The molecule has 1 atom stereocenters. The van der Waals surface area contributed by atoms with Gasteiger partial charge in [-0.15, -0.1) is 11.3 Å². The molecule has 0 aromatic carbocycles. The van der Waals surface area contributed by atoms with Gasteiger partial charge in [-0.1, -0.05) is 0 Å². The van der Waals surface area contributed by atoms with Gasteiger partial charge in [-0.3, -0.25) is 0 Å². The van der Waals surface area contributed by atoms with Crippen LogP contribution in [-0.2, 0) is 6.42 Å². The number of hydrogen-bond donors (Lipinski definition) is 3. The summed E-state index contributed by atoms with van der Waals surface area (Å²) in [6.45, 7) is 1.02. The Morgan fingerprint density at radius 3 is 2.73 bits per heavy atom. The van der Waals surface area contributed by atoms with E-state index < -0.39 is 0 Å². The van der Waals surface area contributed by atoms with Crippen LogP contribution in [-0.4, -0.2) is 36.0 Å². The Kier molecular flexibility index (Phi) is 6.43. The molecular formula is C10H16BrNO2S. The lowest BCUT2D eigenvalue weighted by molar-refractivity contribution is 0.201. The van der Waals surface area contributed by atoms with E-state index in [9.17, 15) is 0 Å². The minimum atomic E-state index is 0.0124. The van der Waals surface area contributed by atoms with Crippen LogP contribution in [0.3, 0.4) is 0 Å². The zero-order chi connectivity index (χ0) is 11.1. The van der Waals surface area contributed by atoms with E-state index in [1.807, 2.05) is 6.07 Å². The number of aliphatic hydroxyl groups excluding tert-OH is 2. The minimum absolute atomic E-state index is 0.0124. The van der Waals surface area contributed by atoms with Crippen molar-refractivity contribution in [2.45, 2.75) is 18.9 Å². The van der Waals surface area contributed by atoms with Crippen LogP contribution in [0.4, 0.5) is 0 Å². The summed E-state index contributed by atoms with van der Waals surface area (Å²) in [6, 6.07) is 4.15. The Balaban J connectivity index is 2.20. The number of rotatable bonds is 7. The molecule has 1 aromatic heterocycles. The lowest BCUT2D eigenvalue weighted by Crippen LogP contribution is -2.34. The average Bonchev–Trinajstić information content (AvgIpc) is 2.63. The van der Waals surface area contributed by atoms with Crippen LogP contribution in [0.5, 0.6) is 0 Å². The van der Waals surface area contributed by atoms with Gasteiger partial charge in [-0.2, -0.15) is 0 Å². The molecule has 0 saturated carbocycles. The van der Waals surface area contributed by atoms with Crippen molar-refractivity contribution in [3.8, 4) is 0 Å². The molecule has 1 heterocycles. The van der Waals surface area contributed by atoms with Crippen molar-refractivity contribution in [2.75, 3.05) is 19.8 Å². The maximum atomic E-state index is 8.98. The number of aliphatic hydroxyl groups is 2.